The van der Waals surface area contributed by atoms with Gasteiger partial charge in [0, 0.05) is 13.2 Å². The van der Waals surface area contributed by atoms with Crippen LogP contribution in [0, 0.1) is 6.92 Å². The van der Waals surface area contributed by atoms with Crippen molar-refractivity contribution in [2.75, 3.05) is 13.2 Å². The minimum absolute atomic E-state index is 0.124. The summed E-state index contributed by atoms with van der Waals surface area (Å²) >= 11 is 0. The summed E-state index contributed by atoms with van der Waals surface area (Å²) in [6.07, 6.45) is 2.22. The van der Waals surface area contributed by atoms with Gasteiger partial charge >= 0.3 is 0 Å². The zero-order valence-corrected chi connectivity index (χ0v) is 14.0. The van der Waals surface area contributed by atoms with Crippen LogP contribution in [-0.2, 0) is 11.3 Å². The molecule has 2 aromatic carbocycles. The van der Waals surface area contributed by atoms with Gasteiger partial charge in [0.15, 0.2) is 0 Å². The molecule has 24 heavy (non-hydrogen) atoms. The average Bonchev–Trinajstić information content (AvgIpc) is 3.13. The number of carbonyl (C=O) groups is 1. The minimum Gasteiger partial charge on any atom is -0.490 e. The molecule has 0 aromatic heterocycles. The van der Waals surface area contributed by atoms with Crippen molar-refractivity contribution in [1.29, 1.82) is 0 Å². The highest BCUT2D eigenvalue weighted by atomic mass is 16.5. The minimum atomic E-state index is -0.124. The number of rotatable bonds is 6. The van der Waals surface area contributed by atoms with Gasteiger partial charge in [0.25, 0.3) is 5.91 Å². The third-order valence-electron chi connectivity index (χ3n) is 4.28. The van der Waals surface area contributed by atoms with E-state index in [2.05, 4.69) is 5.32 Å². The van der Waals surface area contributed by atoms with E-state index in [1.54, 1.807) is 6.07 Å². The maximum absolute atomic E-state index is 12.5. The third kappa shape index (κ3) is 4.15. The lowest BCUT2D eigenvalue weighted by Crippen LogP contribution is -2.24. The van der Waals surface area contributed by atoms with E-state index in [4.69, 9.17) is 9.47 Å². The van der Waals surface area contributed by atoms with E-state index in [9.17, 15) is 4.79 Å². The Labute approximate surface area is 142 Å². The van der Waals surface area contributed by atoms with Crippen LogP contribution in [0.25, 0.3) is 0 Å². The van der Waals surface area contributed by atoms with Gasteiger partial charge in [-0.2, -0.15) is 0 Å². The van der Waals surface area contributed by atoms with Crippen LogP contribution in [0.2, 0.25) is 0 Å². The van der Waals surface area contributed by atoms with Crippen LogP contribution in [-0.4, -0.2) is 25.2 Å². The molecule has 1 heterocycles. The van der Waals surface area contributed by atoms with Crippen LogP contribution in [0.5, 0.6) is 5.75 Å². The van der Waals surface area contributed by atoms with E-state index in [0.29, 0.717) is 24.5 Å². The van der Waals surface area contributed by atoms with Crippen LogP contribution in [0.4, 0.5) is 0 Å². The molecule has 1 N–H and O–H groups in total. The number of ether oxygens (including phenoxy) is 2. The zero-order chi connectivity index (χ0) is 16.8. The summed E-state index contributed by atoms with van der Waals surface area (Å²) in [6, 6.07) is 15.4. The summed E-state index contributed by atoms with van der Waals surface area (Å²) in [5.74, 6) is 0.483. The Morgan fingerprint density at radius 3 is 2.79 bits per heavy atom. The average molecular weight is 325 g/mol. The van der Waals surface area contributed by atoms with Crippen molar-refractivity contribution in [1.82, 2.24) is 5.32 Å². The van der Waals surface area contributed by atoms with Gasteiger partial charge in [0.2, 0.25) is 0 Å². The molecule has 0 aliphatic carbocycles. The first kappa shape index (κ1) is 16.5. The molecule has 1 aliphatic rings. The lowest BCUT2D eigenvalue weighted by atomic mass is 10.1. The van der Waals surface area contributed by atoms with Crippen molar-refractivity contribution in [3.05, 3.63) is 65.2 Å². The molecule has 1 amide bonds. The molecule has 1 fully saturated rings. The van der Waals surface area contributed by atoms with Gasteiger partial charge in [-0.15, -0.1) is 0 Å². The topological polar surface area (TPSA) is 47.6 Å². The van der Waals surface area contributed by atoms with E-state index >= 15 is 0 Å². The molecule has 1 aliphatic heterocycles. The number of carbonyl (C=O) groups excluding carboxylic acids is 1. The third-order valence-corrected chi connectivity index (χ3v) is 4.28. The second-order valence-electron chi connectivity index (χ2n) is 6.05. The van der Waals surface area contributed by atoms with Crippen molar-refractivity contribution in [2.24, 2.45) is 0 Å². The Morgan fingerprint density at radius 1 is 1.21 bits per heavy atom. The highest BCUT2D eigenvalue weighted by molar-refractivity contribution is 5.96. The van der Waals surface area contributed by atoms with Crippen molar-refractivity contribution in [3.63, 3.8) is 0 Å². The van der Waals surface area contributed by atoms with Crippen LogP contribution < -0.4 is 10.1 Å². The number of hydrogen-bond acceptors (Lipinski definition) is 3. The first-order chi connectivity index (χ1) is 11.7. The smallest absolute Gasteiger partial charge is 0.255 e. The van der Waals surface area contributed by atoms with Crippen LogP contribution in [0.15, 0.2) is 48.5 Å². The van der Waals surface area contributed by atoms with E-state index in [1.807, 2.05) is 49.4 Å². The van der Waals surface area contributed by atoms with Crippen LogP contribution in [0.3, 0.4) is 0 Å². The fraction of sp³-hybridized carbons (Fsp3) is 0.350. The fourth-order valence-corrected chi connectivity index (χ4v) is 2.82. The number of benzene rings is 2. The number of nitrogens with one attached hydrogen (secondary N) is 1. The number of para-hydroxylation sites is 1. The van der Waals surface area contributed by atoms with Gasteiger partial charge in [0.05, 0.1) is 11.7 Å². The summed E-state index contributed by atoms with van der Waals surface area (Å²) in [5.41, 5.74) is 2.84. The lowest BCUT2D eigenvalue weighted by molar-refractivity contribution is 0.0670. The van der Waals surface area contributed by atoms with E-state index in [-0.39, 0.29) is 12.0 Å². The second kappa shape index (κ2) is 7.97. The summed E-state index contributed by atoms with van der Waals surface area (Å²) in [7, 11) is 0. The highest BCUT2D eigenvalue weighted by Gasteiger charge is 2.18. The Kier molecular flexibility index (Phi) is 5.49. The maximum atomic E-state index is 12.5. The Morgan fingerprint density at radius 2 is 2.00 bits per heavy atom. The molecular weight excluding hydrogens is 302 g/mol. The molecule has 1 saturated heterocycles. The quantitative estimate of drug-likeness (QED) is 0.884. The van der Waals surface area contributed by atoms with Gasteiger partial charge in [-0.05, 0) is 43.0 Å². The number of hydrogen-bond donors (Lipinski definition) is 1. The predicted molar refractivity (Wildman–Crippen MR) is 93.3 cm³/mol. The van der Waals surface area contributed by atoms with Crippen molar-refractivity contribution >= 4 is 5.91 Å². The number of amides is 1. The summed E-state index contributed by atoms with van der Waals surface area (Å²) in [4.78, 5) is 12.5. The van der Waals surface area contributed by atoms with Crippen LogP contribution in [0.1, 0.15) is 34.3 Å². The molecule has 1 atom stereocenters. The molecule has 0 saturated carbocycles. The van der Waals surface area contributed by atoms with Gasteiger partial charge < -0.3 is 14.8 Å². The molecule has 0 radical (unpaired) electrons. The Balaban J connectivity index is 1.62. The molecule has 4 nitrogen and oxygen atoms in total. The zero-order valence-electron chi connectivity index (χ0n) is 14.0. The summed E-state index contributed by atoms with van der Waals surface area (Å²) in [5, 5.41) is 2.97. The summed E-state index contributed by atoms with van der Waals surface area (Å²) in [6.45, 7) is 3.83. The van der Waals surface area contributed by atoms with Crippen molar-refractivity contribution in [2.45, 2.75) is 32.4 Å². The fourth-order valence-electron chi connectivity index (χ4n) is 2.82. The Bertz CT molecular complexity index is 693. The standard InChI is InChI=1S/C20H23NO3/c1-15-7-2-3-8-16(15)13-21-20(22)18-10-4-5-11-19(18)24-14-17-9-6-12-23-17/h2-5,7-8,10-11,17H,6,9,12-14H2,1H3,(H,21,22). The molecule has 0 bridgehead atoms. The second-order valence-corrected chi connectivity index (χ2v) is 6.05. The Hall–Kier alpha value is -2.33. The lowest BCUT2D eigenvalue weighted by Gasteiger charge is -2.15. The maximum Gasteiger partial charge on any atom is 0.255 e. The molecule has 0 spiro atoms. The molecule has 2 aromatic rings. The predicted octanol–water partition coefficient (Wildman–Crippen LogP) is 3.48. The van der Waals surface area contributed by atoms with Gasteiger partial charge in [0.1, 0.15) is 12.4 Å². The molecule has 126 valence electrons. The molecule has 3 rings (SSSR count). The van der Waals surface area contributed by atoms with Gasteiger partial charge in [-0.1, -0.05) is 36.4 Å². The normalized spacial score (nSPS) is 16.8. The van der Waals surface area contributed by atoms with Crippen molar-refractivity contribution < 1.29 is 14.3 Å². The van der Waals surface area contributed by atoms with E-state index in [1.165, 1.54) is 5.56 Å². The van der Waals surface area contributed by atoms with Crippen LogP contribution >= 0.6 is 0 Å². The van der Waals surface area contributed by atoms with E-state index < -0.39 is 0 Å². The molecule has 1 unspecified atom stereocenters. The first-order valence-electron chi connectivity index (χ1n) is 8.40. The monoisotopic (exact) mass is 325 g/mol. The van der Waals surface area contributed by atoms with Gasteiger partial charge in [-0.25, -0.2) is 0 Å². The SMILES string of the molecule is Cc1ccccc1CNC(=O)c1ccccc1OCC1CCCO1. The first-order valence-corrected chi connectivity index (χ1v) is 8.40. The van der Waals surface area contributed by atoms with Crippen molar-refractivity contribution in [3.8, 4) is 5.75 Å². The van der Waals surface area contributed by atoms with E-state index in [0.717, 1.165) is 25.0 Å². The molecule has 4 heteroatoms. The van der Waals surface area contributed by atoms with Gasteiger partial charge in [-0.3, -0.25) is 4.79 Å². The largest absolute Gasteiger partial charge is 0.490 e. The number of aryl methyl sites for hydroxylation is 1. The molecular formula is C20H23NO3. The highest BCUT2D eigenvalue weighted by Crippen LogP contribution is 2.20. The summed E-state index contributed by atoms with van der Waals surface area (Å²) < 4.78 is 11.4.